The third kappa shape index (κ3) is 5.83. The summed E-state index contributed by atoms with van der Waals surface area (Å²) in [5.74, 6) is 2.82. The summed E-state index contributed by atoms with van der Waals surface area (Å²) in [4.78, 5) is 18.6. The molecule has 0 fully saturated rings. The molecule has 0 bridgehead atoms. The molecule has 2 N–H and O–H groups in total. The number of nitrogens with zero attached hydrogens (tertiary/aromatic N) is 4. The molecule has 8 heteroatoms. The minimum absolute atomic E-state index is 0.667. The van der Waals surface area contributed by atoms with Crippen LogP contribution in [-0.2, 0) is 6.54 Å². The summed E-state index contributed by atoms with van der Waals surface area (Å²) in [6, 6.07) is 10.2. The number of aromatic nitrogens is 3. The first-order chi connectivity index (χ1) is 13.3. The highest BCUT2D eigenvalue weighted by Crippen LogP contribution is 2.20. The number of rotatable bonds is 8. The molecular weight excluding hydrogens is 376 g/mol. The number of H-pyrrole nitrogens is 1. The average molecular weight is 401 g/mol. The molecule has 0 saturated heterocycles. The van der Waals surface area contributed by atoms with Gasteiger partial charge >= 0.3 is 0 Å². The van der Waals surface area contributed by atoms with Gasteiger partial charge in [-0.15, -0.1) is 11.3 Å². The van der Waals surface area contributed by atoms with Crippen molar-refractivity contribution in [3.05, 3.63) is 53.9 Å². The van der Waals surface area contributed by atoms with Crippen molar-refractivity contribution in [2.75, 3.05) is 26.4 Å². The highest BCUT2D eigenvalue weighted by atomic mass is 32.2. The van der Waals surface area contributed by atoms with Gasteiger partial charge in [-0.3, -0.25) is 4.99 Å². The number of imidazole rings is 1. The van der Waals surface area contributed by atoms with Crippen LogP contribution in [-0.4, -0.2) is 52.2 Å². The van der Waals surface area contributed by atoms with E-state index in [0.29, 0.717) is 6.54 Å². The summed E-state index contributed by atoms with van der Waals surface area (Å²) in [6.07, 6.45) is 4.78. The van der Waals surface area contributed by atoms with Gasteiger partial charge in [0.05, 0.1) is 18.4 Å². The van der Waals surface area contributed by atoms with Gasteiger partial charge in [-0.25, -0.2) is 9.97 Å². The van der Waals surface area contributed by atoms with Crippen molar-refractivity contribution in [3.8, 4) is 11.3 Å². The topological polar surface area (TPSA) is 69.2 Å². The van der Waals surface area contributed by atoms with Crippen molar-refractivity contribution < 1.29 is 0 Å². The Morgan fingerprint density at radius 2 is 2.15 bits per heavy atom. The Kier molecular flexibility index (Phi) is 7.29. The van der Waals surface area contributed by atoms with Crippen LogP contribution in [0.1, 0.15) is 12.2 Å². The van der Waals surface area contributed by atoms with Crippen molar-refractivity contribution in [1.82, 2.24) is 25.2 Å². The Bertz CT molecular complexity index is 829. The smallest absolute Gasteiger partial charge is 0.193 e. The third-order valence-electron chi connectivity index (χ3n) is 3.91. The molecule has 0 aliphatic heterocycles. The number of hydrogen-bond donors (Lipinski definition) is 2. The lowest BCUT2D eigenvalue weighted by Crippen LogP contribution is -2.39. The first kappa shape index (κ1) is 19.4. The molecule has 2 heterocycles. The SMILES string of the molecule is CN=C(NCCCSc1nccs1)N(C)Cc1ncc(-c2ccccc2)[nH]1. The molecule has 142 valence electrons. The van der Waals surface area contributed by atoms with Gasteiger partial charge in [-0.05, 0) is 12.0 Å². The largest absolute Gasteiger partial charge is 0.356 e. The van der Waals surface area contributed by atoms with Gasteiger partial charge in [0.2, 0.25) is 0 Å². The van der Waals surface area contributed by atoms with Crippen LogP contribution in [0.3, 0.4) is 0 Å². The van der Waals surface area contributed by atoms with Crippen LogP contribution in [0.4, 0.5) is 0 Å². The Morgan fingerprint density at radius 1 is 1.30 bits per heavy atom. The number of thiazole rings is 1. The summed E-state index contributed by atoms with van der Waals surface area (Å²) < 4.78 is 1.13. The van der Waals surface area contributed by atoms with Gasteiger partial charge in [0.15, 0.2) is 5.96 Å². The fourth-order valence-corrected chi connectivity index (χ4v) is 4.25. The quantitative estimate of drug-likeness (QED) is 0.261. The van der Waals surface area contributed by atoms with E-state index in [1.54, 1.807) is 30.1 Å². The fraction of sp³-hybridized carbons (Fsp3) is 0.316. The van der Waals surface area contributed by atoms with Crippen molar-refractivity contribution in [2.24, 2.45) is 4.99 Å². The summed E-state index contributed by atoms with van der Waals surface area (Å²) in [5.41, 5.74) is 2.17. The molecule has 0 unspecified atom stereocenters. The molecule has 0 spiro atoms. The zero-order valence-electron chi connectivity index (χ0n) is 15.6. The molecule has 0 saturated carbocycles. The zero-order valence-corrected chi connectivity index (χ0v) is 17.2. The van der Waals surface area contributed by atoms with Crippen LogP contribution >= 0.6 is 23.1 Å². The van der Waals surface area contributed by atoms with E-state index in [0.717, 1.165) is 46.1 Å². The van der Waals surface area contributed by atoms with Crippen LogP contribution in [0, 0.1) is 0 Å². The van der Waals surface area contributed by atoms with Gasteiger partial charge in [0.1, 0.15) is 10.2 Å². The van der Waals surface area contributed by atoms with E-state index in [1.807, 2.05) is 43.0 Å². The minimum atomic E-state index is 0.667. The van der Waals surface area contributed by atoms with Crippen molar-refractivity contribution >= 4 is 29.1 Å². The van der Waals surface area contributed by atoms with Crippen LogP contribution in [0.25, 0.3) is 11.3 Å². The second-order valence-corrected chi connectivity index (χ2v) is 8.18. The van der Waals surface area contributed by atoms with E-state index < -0.39 is 0 Å². The number of benzene rings is 1. The van der Waals surface area contributed by atoms with Crippen molar-refractivity contribution in [3.63, 3.8) is 0 Å². The Labute approximate surface area is 168 Å². The number of thioether (sulfide) groups is 1. The molecule has 6 nitrogen and oxygen atoms in total. The van der Waals surface area contributed by atoms with E-state index in [-0.39, 0.29) is 0 Å². The maximum Gasteiger partial charge on any atom is 0.193 e. The van der Waals surface area contributed by atoms with Crippen LogP contribution in [0.2, 0.25) is 0 Å². The first-order valence-electron chi connectivity index (χ1n) is 8.79. The van der Waals surface area contributed by atoms with Gasteiger partial charge in [0, 0.05) is 38.0 Å². The fourth-order valence-electron chi connectivity index (χ4n) is 2.60. The molecule has 27 heavy (non-hydrogen) atoms. The van der Waals surface area contributed by atoms with E-state index in [2.05, 4.69) is 42.3 Å². The van der Waals surface area contributed by atoms with Gasteiger partial charge in [-0.2, -0.15) is 0 Å². The lowest BCUT2D eigenvalue weighted by Gasteiger charge is -2.21. The van der Waals surface area contributed by atoms with Crippen molar-refractivity contribution in [1.29, 1.82) is 0 Å². The number of aromatic amines is 1. The monoisotopic (exact) mass is 400 g/mol. The second kappa shape index (κ2) is 10.1. The van der Waals surface area contributed by atoms with Crippen LogP contribution < -0.4 is 5.32 Å². The van der Waals surface area contributed by atoms with Gasteiger partial charge in [-0.1, -0.05) is 42.1 Å². The molecule has 0 aliphatic carbocycles. The lowest BCUT2D eigenvalue weighted by molar-refractivity contribution is 0.464. The molecular formula is C19H24N6S2. The predicted octanol–water partition coefficient (Wildman–Crippen LogP) is 3.72. The zero-order chi connectivity index (χ0) is 18.9. The van der Waals surface area contributed by atoms with Gasteiger partial charge < -0.3 is 15.2 Å². The first-order valence-corrected chi connectivity index (χ1v) is 10.7. The number of hydrogen-bond acceptors (Lipinski definition) is 5. The lowest BCUT2D eigenvalue weighted by atomic mass is 10.2. The predicted molar refractivity (Wildman–Crippen MR) is 114 cm³/mol. The highest BCUT2D eigenvalue weighted by Gasteiger charge is 2.09. The summed E-state index contributed by atoms with van der Waals surface area (Å²) in [6.45, 7) is 1.54. The molecule has 0 atom stereocenters. The normalized spacial score (nSPS) is 11.6. The summed E-state index contributed by atoms with van der Waals surface area (Å²) in [5, 5.41) is 5.42. The highest BCUT2D eigenvalue weighted by molar-refractivity contribution is 8.00. The second-order valence-electron chi connectivity index (χ2n) is 5.94. The van der Waals surface area contributed by atoms with E-state index >= 15 is 0 Å². The molecule has 0 amide bonds. The molecule has 3 rings (SSSR count). The Balaban J connectivity index is 1.44. The van der Waals surface area contributed by atoms with E-state index in [4.69, 9.17) is 0 Å². The minimum Gasteiger partial charge on any atom is -0.356 e. The van der Waals surface area contributed by atoms with E-state index in [9.17, 15) is 0 Å². The number of nitrogens with one attached hydrogen (secondary N) is 2. The molecule has 2 aromatic heterocycles. The van der Waals surface area contributed by atoms with Gasteiger partial charge in [0.25, 0.3) is 0 Å². The third-order valence-corrected chi connectivity index (χ3v) is 5.97. The number of guanidine groups is 1. The molecule has 0 radical (unpaired) electrons. The molecule has 1 aromatic carbocycles. The van der Waals surface area contributed by atoms with E-state index in [1.165, 1.54) is 0 Å². The van der Waals surface area contributed by atoms with Crippen molar-refractivity contribution in [2.45, 2.75) is 17.3 Å². The Morgan fingerprint density at radius 3 is 2.89 bits per heavy atom. The Hall–Kier alpha value is -2.32. The maximum absolute atomic E-state index is 4.50. The average Bonchev–Trinajstić information content (AvgIpc) is 3.37. The van der Waals surface area contributed by atoms with Crippen LogP contribution in [0.15, 0.2) is 57.4 Å². The standard InChI is InChI=1S/C19H24N6S2/c1-20-18(21-9-6-11-26-19-22-10-12-27-19)25(2)14-17-23-13-16(24-17)15-7-4-3-5-8-15/h3-5,7-8,10,12-13H,6,9,11,14H2,1-2H3,(H,20,21)(H,23,24). The molecule has 0 aliphatic rings. The summed E-state index contributed by atoms with van der Waals surface area (Å²) in [7, 11) is 3.82. The number of aliphatic imine (C=N–C) groups is 1. The summed E-state index contributed by atoms with van der Waals surface area (Å²) >= 11 is 3.48. The van der Waals surface area contributed by atoms with Crippen LogP contribution in [0.5, 0.6) is 0 Å². The maximum atomic E-state index is 4.50. The molecule has 3 aromatic rings.